The highest BCUT2D eigenvalue weighted by Crippen LogP contribution is 2.21. The van der Waals surface area contributed by atoms with Crippen molar-refractivity contribution in [1.82, 2.24) is 15.1 Å². The lowest BCUT2D eigenvalue weighted by molar-refractivity contribution is 0.446. The number of aromatic nitrogens is 2. The molecule has 4 heteroatoms. The summed E-state index contributed by atoms with van der Waals surface area (Å²) in [6.45, 7) is 3.11. The third-order valence-electron chi connectivity index (χ3n) is 2.48. The van der Waals surface area contributed by atoms with Crippen LogP contribution in [0.1, 0.15) is 30.7 Å². The number of aryl methyl sites for hydroxylation is 1. The first kappa shape index (κ1) is 11.0. The third-order valence-corrected chi connectivity index (χ3v) is 2.48. The molecule has 0 saturated carbocycles. The van der Waals surface area contributed by atoms with Crippen molar-refractivity contribution in [3.05, 3.63) is 42.1 Å². The van der Waals surface area contributed by atoms with Gasteiger partial charge in [-0.15, -0.1) is 0 Å². The number of nitrogens with one attached hydrogen (secondary N) is 1. The first-order valence-corrected chi connectivity index (χ1v) is 5.56. The lowest BCUT2D eigenvalue weighted by Gasteiger charge is -2.14. The minimum Gasteiger partial charge on any atom is -0.467 e. The number of nitrogens with zero attached hydrogens (tertiary/aromatic N) is 2. The Hall–Kier alpha value is -1.55. The molecule has 0 fully saturated rings. The van der Waals surface area contributed by atoms with Gasteiger partial charge in [-0.05, 0) is 25.1 Å². The van der Waals surface area contributed by atoms with Crippen LogP contribution in [-0.2, 0) is 7.05 Å². The first-order valence-electron chi connectivity index (χ1n) is 5.56. The van der Waals surface area contributed by atoms with Gasteiger partial charge in [-0.25, -0.2) is 0 Å². The molecule has 0 radical (unpaired) electrons. The van der Waals surface area contributed by atoms with E-state index >= 15 is 0 Å². The molecule has 0 aliphatic rings. The maximum atomic E-state index is 5.46. The van der Waals surface area contributed by atoms with Crippen molar-refractivity contribution in [2.24, 2.45) is 7.05 Å². The van der Waals surface area contributed by atoms with Crippen LogP contribution in [0.15, 0.2) is 35.2 Å². The fourth-order valence-corrected chi connectivity index (χ4v) is 1.72. The summed E-state index contributed by atoms with van der Waals surface area (Å²) in [5.41, 5.74) is 1.13. The summed E-state index contributed by atoms with van der Waals surface area (Å²) >= 11 is 0. The molecule has 0 aromatic carbocycles. The van der Waals surface area contributed by atoms with Crippen molar-refractivity contribution in [3.8, 4) is 0 Å². The number of furan rings is 1. The first-order chi connectivity index (χ1) is 7.81. The van der Waals surface area contributed by atoms with Crippen LogP contribution in [0.25, 0.3) is 0 Å². The fraction of sp³-hybridized carbons (Fsp3) is 0.417. The molecular formula is C12H17N3O. The molecule has 0 amide bonds. The zero-order chi connectivity index (χ0) is 11.4. The average Bonchev–Trinajstić information content (AvgIpc) is 2.91. The second-order valence-electron chi connectivity index (χ2n) is 3.85. The molecule has 2 heterocycles. The Kier molecular flexibility index (Phi) is 3.41. The second kappa shape index (κ2) is 4.99. The molecule has 86 valence electrons. The van der Waals surface area contributed by atoms with E-state index in [-0.39, 0.29) is 6.04 Å². The van der Waals surface area contributed by atoms with Crippen LogP contribution in [-0.4, -0.2) is 16.3 Å². The van der Waals surface area contributed by atoms with Crippen molar-refractivity contribution < 1.29 is 4.42 Å². The van der Waals surface area contributed by atoms with Gasteiger partial charge in [-0.3, -0.25) is 4.68 Å². The second-order valence-corrected chi connectivity index (χ2v) is 3.85. The Morgan fingerprint density at radius 1 is 1.56 bits per heavy atom. The maximum absolute atomic E-state index is 5.46. The standard InChI is InChI=1S/C12H17N3O/c1-3-6-13-12(11-5-4-7-16-11)10-8-14-15(2)9-10/h4-5,7-9,12-13H,3,6H2,1-2H3. The fourth-order valence-electron chi connectivity index (χ4n) is 1.72. The summed E-state index contributed by atoms with van der Waals surface area (Å²) in [6, 6.07) is 4.00. The maximum Gasteiger partial charge on any atom is 0.125 e. The third kappa shape index (κ3) is 2.33. The monoisotopic (exact) mass is 219 g/mol. The van der Waals surface area contributed by atoms with E-state index in [0.29, 0.717) is 0 Å². The smallest absolute Gasteiger partial charge is 0.125 e. The van der Waals surface area contributed by atoms with Crippen LogP contribution in [0, 0.1) is 0 Å². The molecule has 0 bridgehead atoms. The quantitative estimate of drug-likeness (QED) is 0.837. The van der Waals surface area contributed by atoms with Gasteiger partial charge in [0.05, 0.1) is 18.5 Å². The van der Waals surface area contributed by atoms with Crippen molar-refractivity contribution in [1.29, 1.82) is 0 Å². The Labute approximate surface area is 95.3 Å². The van der Waals surface area contributed by atoms with Gasteiger partial charge in [0.2, 0.25) is 0 Å². The molecular weight excluding hydrogens is 202 g/mol. The predicted octanol–water partition coefficient (Wildman–Crippen LogP) is 2.10. The summed E-state index contributed by atoms with van der Waals surface area (Å²) in [4.78, 5) is 0. The highest BCUT2D eigenvalue weighted by molar-refractivity contribution is 5.21. The van der Waals surface area contributed by atoms with E-state index in [1.807, 2.05) is 31.6 Å². The highest BCUT2D eigenvalue weighted by atomic mass is 16.3. The van der Waals surface area contributed by atoms with E-state index in [4.69, 9.17) is 4.42 Å². The van der Waals surface area contributed by atoms with Gasteiger partial charge >= 0.3 is 0 Å². The van der Waals surface area contributed by atoms with Gasteiger partial charge < -0.3 is 9.73 Å². The molecule has 2 aromatic rings. The molecule has 0 aliphatic heterocycles. The van der Waals surface area contributed by atoms with Gasteiger partial charge in [0.1, 0.15) is 5.76 Å². The number of rotatable bonds is 5. The van der Waals surface area contributed by atoms with Crippen molar-refractivity contribution in [3.63, 3.8) is 0 Å². The lowest BCUT2D eigenvalue weighted by Crippen LogP contribution is -2.22. The Morgan fingerprint density at radius 3 is 3.00 bits per heavy atom. The molecule has 2 rings (SSSR count). The summed E-state index contributed by atoms with van der Waals surface area (Å²) in [5.74, 6) is 0.932. The molecule has 2 aromatic heterocycles. The SMILES string of the molecule is CCCNC(c1cnn(C)c1)c1ccco1. The summed E-state index contributed by atoms with van der Waals surface area (Å²) in [5, 5.41) is 7.64. The van der Waals surface area contributed by atoms with Crippen LogP contribution < -0.4 is 5.32 Å². The average molecular weight is 219 g/mol. The minimum absolute atomic E-state index is 0.101. The van der Waals surface area contributed by atoms with Crippen LogP contribution in [0.5, 0.6) is 0 Å². The lowest BCUT2D eigenvalue weighted by atomic mass is 10.1. The summed E-state index contributed by atoms with van der Waals surface area (Å²) in [7, 11) is 1.92. The van der Waals surface area contributed by atoms with E-state index in [9.17, 15) is 0 Å². The number of hydrogen-bond acceptors (Lipinski definition) is 3. The van der Waals surface area contributed by atoms with Gasteiger partial charge in [0.25, 0.3) is 0 Å². The summed E-state index contributed by atoms with van der Waals surface area (Å²) < 4.78 is 7.26. The molecule has 1 atom stereocenters. The normalized spacial score (nSPS) is 12.9. The zero-order valence-corrected chi connectivity index (χ0v) is 9.68. The molecule has 1 unspecified atom stereocenters. The Bertz CT molecular complexity index is 419. The molecule has 1 N–H and O–H groups in total. The zero-order valence-electron chi connectivity index (χ0n) is 9.68. The molecule has 16 heavy (non-hydrogen) atoms. The molecule has 0 saturated heterocycles. The highest BCUT2D eigenvalue weighted by Gasteiger charge is 2.17. The van der Waals surface area contributed by atoms with Crippen LogP contribution >= 0.6 is 0 Å². The minimum atomic E-state index is 0.101. The Balaban J connectivity index is 2.21. The van der Waals surface area contributed by atoms with Crippen LogP contribution in [0.4, 0.5) is 0 Å². The Morgan fingerprint density at radius 2 is 2.44 bits per heavy atom. The predicted molar refractivity (Wildman–Crippen MR) is 62.1 cm³/mol. The molecule has 0 spiro atoms. The topological polar surface area (TPSA) is 43.0 Å². The van der Waals surface area contributed by atoms with Gasteiger partial charge in [-0.1, -0.05) is 6.92 Å². The van der Waals surface area contributed by atoms with Crippen LogP contribution in [0.3, 0.4) is 0 Å². The molecule has 4 nitrogen and oxygen atoms in total. The van der Waals surface area contributed by atoms with E-state index in [1.165, 1.54) is 0 Å². The summed E-state index contributed by atoms with van der Waals surface area (Å²) in [6.07, 6.45) is 6.68. The van der Waals surface area contributed by atoms with Crippen LogP contribution in [0.2, 0.25) is 0 Å². The number of hydrogen-bond donors (Lipinski definition) is 1. The van der Waals surface area contributed by atoms with E-state index in [1.54, 1.807) is 10.9 Å². The van der Waals surface area contributed by atoms with E-state index in [2.05, 4.69) is 17.3 Å². The van der Waals surface area contributed by atoms with Gasteiger partial charge in [-0.2, -0.15) is 5.10 Å². The van der Waals surface area contributed by atoms with Gasteiger partial charge in [0.15, 0.2) is 0 Å². The molecule has 0 aliphatic carbocycles. The van der Waals surface area contributed by atoms with Crippen molar-refractivity contribution >= 4 is 0 Å². The van der Waals surface area contributed by atoms with E-state index in [0.717, 1.165) is 24.3 Å². The van der Waals surface area contributed by atoms with Crippen molar-refractivity contribution in [2.45, 2.75) is 19.4 Å². The van der Waals surface area contributed by atoms with Gasteiger partial charge in [0, 0.05) is 18.8 Å². The van der Waals surface area contributed by atoms with Crippen molar-refractivity contribution in [2.75, 3.05) is 6.54 Å². The van der Waals surface area contributed by atoms with E-state index < -0.39 is 0 Å². The largest absolute Gasteiger partial charge is 0.467 e.